The van der Waals surface area contributed by atoms with E-state index >= 15 is 0 Å². The smallest absolute Gasteiger partial charge is 0.206 e. The molecule has 2 heterocycles. The van der Waals surface area contributed by atoms with Crippen molar-refractivity contribution >= 4 is 9.84 Å². The van der Waals surface area contributed by atoms with Crippen molar-refractivity contribution < 1.29 is 13.2 Å². The Morgan fingerprint density at radius 2 is 1.80 bits per heavy atom. The first-order chi connectivity index (χ1) is 12.0. The van der Waals surface area contributed by atoms with Gasteiger partial charge in [0, 0.05) is 18.0 Å². The highest BCUT2D eigenvalue weighted by Gasteiger charge is 2.37. The summed E-state index contributed by atoms with van der Waals surface area (Å²) in [5.41, 5.74) is 2.17. The van der Waals surface area contributed by atoms with Gasteiger partial charge in [0.15, 0.2) is 0 Å². The molecule has 0 amide bonds. The maximum absolute atomic E-state index is 13.0. The zero-order valence-corrected chi connectivity index (χ0v) is 15.3. The number of hydrogen-bond donors (Lipinski definition) is 1. The SMILES string of the molecule is CC(C)c1ccc(S(=O)(=O)c2ccc3c(c2)C2CCNCC2O3)cc1. The predicted molar refractivity (Wildman–Crippen MR) is 97.1 cm³/mol. The van der Waals surface area contributed by atoms with Crippen LogP contribution in [0.15, 0.2) is 52.3 Å². The van der Waals surface area contributed by atoms with Gasteiger partial charge in [-0.25, -0.2) is 8.42 Å². The van der Waals surface area contributed by atoms with Crippen LogP contribution in [-0.4, -0.2) is 27.6 Å². The lowest BCUT2D eigenvalue weighted by atomic mass is 9.90. The molecular formula is C20H23NO3S. The molecule has 132 valence electrons. The van der Waals surface area contributed by atoms with Gasteiger partial charge in [-0.05, 0) is 54.8 Å². The second-order valence-electron chi connectivity index (χ2n) is 7.18. The first-order valence-corrected chi connectivity index (χ1v) is 10.3. The molecule has 4 rings (SSSR count). The van der Waals surface area contributed by atoms with Crippen LogP contribution < -0.4 is 10.1 Å². The maximum atomic E-state index is 13.0. The van der Waals surface area contributed by atoms with Crippen LogP contribution in [0.25, 0.3) is 0 Å². The van der Waals surface area contributed by atoms with E-state index in [0.717, 1.165) is 36.4 Å². The van der Waals surface area contributed by atoms with Crippen LogP contribution >= 0.6 is 0 Å². The van der Waals surface area contributed by atoms with E-state index in [4.69, 9.17) is 4.74 Å². The fourth-order valence-electron chi connectivity index (χ4n) is 3.73. The molecule has 0 aliphatic carbocycles. The quantitative estimate of drug-likeness (QED) is 0.914. The lowest BCUT2D eigenvalue weighted by molar-refractivity contribution is 0.177. The summed E-state index contributed by atoms with van der Waals surface area (Å²) < 4.78 is 32.0. The van der Waals surface area contributed by atoms with Crippen molar-refractivity contribution in [2.75, 3.05) is 13.1 Å². The second-order valence-corrected chi connectivity index (χ2v) is 9.13. The Labute approximate surface area is 149 Å². The summed E-state index contributed by atoms with van der Waals surface area (Å²) in [4.78, 5) is 0.698. The van der Waals surface area contributed by atoms with E-state index < -0.39 is 9.84 Å². The van der Waals surface area contributed by atoms with Crippen molar-refractivity contribution in [3.63, 3.8) is 0 Å². The number of benzene rings is 2. The minimum atomic E-state index is -3.51. The molecule has 5 heteroatoms. The van der Waals surface area contributed by atoms with Gasteiger partial charge in [-0.2, -0.15) is 0 Å². The number of fused-ring (bicyclic) bond motifs is 3. The zero-order chi connectivity index (χ0) is 17.6. The van der Waals surface area contributed by atoms with Gasteiger partial charge in [0.05, 0.1) is 9.79 Å². The molecule has 25 heavy (non-hydrogen) atoms. The highest BCUT2D eigenvalue weighted by molar-refractivity contribution is 7.91. The van der Waals surface area contributed by atoms with Crippen LogP contribution in [0.2, 0.25) is 0 Å². The minimum Gasteiger partial charge on any atom is -0.488 e. The summed E-state index contributed by atoms with van der Waals surface area (Å²) in [6.45, 7) is 5.95. The monoisotopic (exact) mass is 357 g/mol. The van der Waals surface area contributed by atoms with E-state index in [9.17, 15) is 8.42 Å². The lowest BCUT2D eigenvalue weighted by Crippen LogP contribution is -2.39. The average Bonchev–Trinajstić information content (AvgIpc) is 2.99. The molecule has 2 aromatic carbocycles. The fourth-order valence-corrected chi connectivity index (χ4v) is 5.03. The van der Waals surface area contributed by atoms with Crippen LogP contribution in [0.3, 0.4) is 0 Å². The predicted octanol–water partition coefficient (Wildman–Crippen LogP) is 3.48. The van der Waals surface area contributed by atoms with Gasteiger partial charge in [-0.3, -0.25) is 0 Å². The number of piperidine rings is 1. The molecule has 1 N–H and O–H groups in total. The largest absolute Gasteiger partial charge is 0.488 e. The van der Waals surface area contributed by atoms with Gasteiger partial charge in [-0.15, -0.1) is 0 Å². The summed E-state index contributed by atoms with van der Waals surface area (Å²) in [5, 5.41) is 3.33. The maximum Gasteiger partial charge on any atom is 0.206 e. The summed E-state index contributed by atoms with van der Waals surface area (Å²) in [6, 6.07) is 12.5. The van der Waals surface area contributed by atoms with E-state index in [1.54, 1.807) is 18.2 Å². The van der Waals surface area contributed by atoms with Crippen molar-refractivity contribution in [2.24, 2.45) is 0 Å². The molecule has 0 aromatic heterocycles. The van der Waals surface area contributed by atoms with E-state index in [1.807, 2.05) is 24.3 Å². The second kappa shape index (κ2) is 6.15. The van der Waals surface area contributed by atoms with Gasteiger partial charge >= 0.3 is 0 Å². The summed E-state index contributed by atoms with van der Waals surface area (Å²) >= 11 is 0. The number of hydrogen-bond acceptors (Lipinski definition) is 4. The average molecular weight is 357 g/mol. The van der Waals surface area contributed by atoms with Crippen molar-refractivity contribution in [2.45, 2.75) is 48.0 Å². The van der Waals surface area contributed by atoms with Crippen LogP contribution in [0.1, 0.15) is 43.2 Å². The normalized spacial score (nSPS) is 22.4. The van der Waals surface area contributed by atoms with Crippen molar-refractivity contribution in [1.82, 2.24) is 5.32 Å². The van der Waals surface area contributed by atoms with E-state index in [0.29, 0.717) is 15.7 Å². The standard InChI is InChI=1S/C20H23NO3S/c1-13(2)14-3-5-15(6-4-14)25(22,23)16-7-8-19-18(11-16)17-9-10-21-12-20(17)24-19/h3-8,11,13,17,20-21H,9-10,12H2,1-2H3. The van der Waals surface area contributed by atoms with E-state index in [2.05, 4.69) is 19.2 Å². The molecule has 1 fully saturated rings. The molecule has 0 bridgehead atoms. The molecule has 0 radical (unpaired) electrons. The number of sulfone groups is 1. The first-order valence-electron chi connectivity index (χ1n) is 8.83. The van der Waals surface area contributed by atoms with Crippen molar-refractivity contribution in [3.05, 3.63) is 53.6 Å². The molecule has 0 saturated carbocycles. The molecule has 2 atom stereocenters. The third kappa shape index (κ3) is 2.85. The van der Waals surface area contributed by atoms with Crippen molar-refractivity contribution in [1.29, 1.82) is 0 Å². The van der Waals surface area contributed by atoms with E-state index in [-0.39, 0.29) is 12.0 Å². The third-order valence-corrected chi connectivity index (χ3v) is 7.02. The molecule has 0 spiro atoms. The zero-order valence-electron chi connectivity index (χ0n) is 14.5. The summed E-state index contributed by atoms with van der Waals surface area (Å²) in [7, 11) is -3.51. The van der Waals surface area contributed by atoms with Gasteiger partial charge in [0.25, 0.3) is 0 Å². The Morgan fingerprint density at radius 1 is 1.08 bits per heavy atom. The van der Waals surface area contributed by atoms with Crippen LogP contribution in [0.5, 0.6) is 5.75 Å². The summed E-state index contributed by atoms with van der Waals surface area (Å²) in [5.74, 6) is 1.49. The van der Waals surface area contributed by atoms with Crippen LogP contribution in [-0.2, 0) is 9.84 Å². The van der Waals surface area contributed by atoms with Crippen LogP contribution in [0.4, 0.5) is 0 Å². The van der Waals surface area contributed by atoms with Crippen LogP contribution in [0, 0.1) is 0 Å². The molecule has 4 nitrogen and oxygen atoms in total. The molecule has 2 aromatic rings. The molecule has 2 aliphatic rings. The number of ether oxygens (including phenoxy) is 1. The lowest BCUT2D eigenvalue weighted by Gasteiger charge is -2.24. The first kappa shape index (κ1) is 16.6. The fraction of sp³-hybridized carbons (Fsp3) is 0.400. The Morgan fingerprint density at radius 3 is 2.52 bits per heavy atom. The molecule has 2 aliphatic heterocycles. The highest BCUT2D eigenvalue weighted by Crippen LogP contribution is 2.42. The minimum absolute atomic E-state index is 0.118. The topological polar surface area (TPSA) is 55.4 Å². The third-order valence-electron chi connectivity index (χ3n) is 5.25. The Bertz CT molecular complexity index is 888. The van der Waals surface area contributed by atoms with Gasteiger partial charge in [0.2, 0.25) is 9.84 Å². The number of nitrogens with one attached hydrogen (secondary N) is 1. The van der Waals surface area contributed by atoms with Gasteiger partial charge < -0.3 is 10.1 Å². The summed E-state index contributed by atoms with van der Waals surface area (Å²) in [6.07, 6.45) is 1.09. The Balaban J connectivity index is 1.70. The van der Waals surface area contributed by atoms with E-state index in [1.165, 1.54) is 0 Å². The molecule has 2 unspecified atom stereocenters. The number of rotatable bonds is 3. The van der Waals surface area contributed by atoms with Gasteiger partial charge in [0.1, 0.15) is 11.9 Å². The molecule has 1 saturated heterocycles. The Hall–Kier alpha value is -1.85. The van der Waals surface area contributed by atoms with Gasteiger partial charge in [-0.1, -0.05) is 26.0 Å². The molecular weight excluding hydrogens is 334 g/mol. The van der Waals surface area contributed by atoms with Crippen molar-refractivity contribution in [3.8, 4) is 5.75 Å². The Kier molecular flexibility index (Phi) is 4.08. The highest BCUT2D eigenvalue weighted by atomic mass is 32.2.